The summed E-state index contributed by atoms with van der Waals surface area (Å²) in [6.07, 6.45) is 0.141. The van der Waals surface area contributed by atoms with Gasteiger partial charge in [-0.1, -0.05) is 0 Å². The van der Waals surface area contributed by atoms with Crippen LogP contribution in [0.15, 0.2) is 6.07 Å². The van der Waals surface area contributed by atoms with Crippen LogP contribution in [0.5, 0.6) is 5.88 Å². The zero-order chi connectivity index (χ0) is 13.8. The Balaban J connectivity index is 2.20. The van der Waals surface area contributed by atoms with Crippen LogP contribution in [0.2, 0.25) is 0 Å². The SMILES string of the molecule is CCOc1cc(C)nc(N2CC(C)OC(CCl)C2)n1. The van der Waals surface area contributed by atoms with Gasteiger partial charge in [0, 0.05) is 24.8 Å². The summed E-state index contributed by atoms with van der Waals surface area (Å²) in [6.45, 7) is 7.99. The topological polar surface area (TPSA) is 47.5 Å². The maximum Gasteiger partial charge on any atom is 0.229 e. The van der Waals surface area contributed by atoms with E-state index in [0.29, 0.717) is 30.9 Å². The predicted octanol–water partition coefficient (Wildman–Crippen LogP) is 2.02. The highest BCUT2D eigenvalue weighted by Crippen LogP contribution is 2.20. The largest absolute Gasteiger partial charge is 0.478 e. The number of aryl methyl sites for hydroxylation is 1. The van der Waals surface area contributed by atoms with Crippen molar-refractivity contribution in [3.63, 3.8) is 0 Å². The fourth-order valence-electron chi connectivity index (χ4n) is 2.18. The number of halogens is 1. The molecule has 106 valence electrons. The highest BCUT2D eigenvalue weighted by Gasteiger charge is 2.26. The van der Waals surface area contributed by atoms with Crippen LogP contribution in [-0.4, -0.2) is 47.8 Å². The van der Waals surface area contributed by atoms with E-state index < -0.39 is 0 Å². The van der Waals surface area contributed by atoms with E-state index in [2.05, 4.69) is 14.9 Å². The minimum atomic E-state index is 0.0186. The van der Waals surface area contributed by atoms with E-state index in [0.717, 1.165) is 12.2 Å². The van der Waals surface area contributed by atoms with Crippen LogP contribution in [0.3, 0.4) is 0 Å². The number of hydrogen-bond acceptors (Lipinski definition) is 5. The van der Waals surface area contributed by atoms with Crippen molar-refractivity contribution in [3.8, 4) is 5.88 Å². The Labute approximate surface area is 118 Å². The van der Waals surface area contributed by atoms with Crippen LogP contribution in [0.4, 0.5) is 5.95 Å². The number of nitrogens with zero attached hydrogens (tertiary/aromatic N) is 3. The molecule has 1 saturated heterocycles. The van der Waals surface area contributed by atoms with Gasteiger partial charge < -0.3 is 14.4 Å². The second-order valence-electron chi connectivity index (χ2n) is 4.71. The summed E-state index contributed by atoms with van der Waals surface area (Å²) < 4.78 is 11.2. The molecule has 1 aliphatic heterocycles. The van der Waals surface area contributed by atoms with E-state index in [1.807, 2.05) is 26.8 Å². The van der Waals surface area contributed by atoms with Gasteiger partial charge >= 0.3 is 0 Å². The maximum absolute atomic E-state index is 5.89. The molecule has 2 unspecified atom stereocenters. The average Bonchev–Trinajstić information content (AvgIpc) is 2.37. The highest BCUT2D eigenvalue weighted by atomic mass is 35.5. The van der Waals surface area contributed by atoms with Gasteiger partial charge in [-0.05, 0) is 20.8 Å². The molecule has 0 bridgehead atoms. The molecule has 5 nitrogen and oxygen atoms in total. The number of ether oxygens (including phenoxy) is 2. The molecule has 2 heterocycles. The molecule has 0 spiro atoms. The molecular formula is C13H20ClN3O2. The molecule has 1 aromatic rings. The molecule has 1 aromatic heterocycles. The smallest absolute Gasteiger partial charge is 0.229 e. The zero-order valence-electron chi connectivity index (χ0n) is 11.6. The van der Waals surface area contributed by atoms with E-state index in [1.54, 1.807) is 0 Å². The van der Waals surface area contributed by atoms with E-state index in [4.69, 9.17) is 21.1 Å². The molecular weight excluding hydrogens is 266 g/mol. The van der Waals surface area contributed by atoms with Crippen molar-refractivity contribution in [2.45, 2.75) is 33.0 Å². The Morgan fingerprint density at radius 3 is 2.95 bits per heavy atom. The van der Waals surface area contributed by atoms with Crippen molar-refractivity contribution in [1.29, 1.82) is 0 Å². The van der Waals surface area contributed by atoms with Crippen LogP contribution < -0.4 is 9.64 Å². The molecule has 0 amide bonds. The van der Waals surface area contributed by atoms with Crippen molar-refractivity contribution in [2.75, 3.05) is 30.5 Å². The van der Waals surface area contributed by atoms with Crippen LogP contribution in [-0.2, 0) is 4.74 Å². The summed E-state index contributed by atoms with van der Waals surface area (Å²) in [5.74, 6) is 1.78. The highest BCUT2D eigenvalue weighted by molar-refractivity contribution is 6.18. The van der Waals surface area contributed by atoms with Crippen molar-refractivity contribution >= 4 is 17.5 Å². The van der Waals surface area contributed by atoms with Gasteiger partial charge in [0.15, 0.2) is 0 Å². The molecule has 0 N–H and O–H groups in total. The number of morpholine rings is 1. The summed E-state index contributed by atoms with van der Waals surface area (Å²) >= 11 is 5.89. The van der Waals surface area contributed by atoms with Gasteiger partial charge in [0.2, 0.25) is 11.8 Å². The summed E-state index contributed by atoms with van der Waals surface area (Å²) in [5, 5.41) is 0. The molecule has 0 saturated carbocycles. The van der Waals surface area contributed by atoms with Gasteiger partial charge in [0.25, 0.3) is 0 Å². The summed E-state index contributed by atoms with van der Waals surface area (Å²) in [4.78, 5) is 11.0. The minimum Gasteiger partial charge on any atom is -0.478 e. The minimum absolute atomic E-state index is 0.0186. The quantitative estimate of drug-likeness (QED) is 0.792. The first-order valence-corrected chi connectivity index (χ1v) is 7.10. The number of anilines is 1. The van der Waals surface area contributed by atoms with E-state index in [9.17, 15) is 0 Å². The second kappa shape index (κ2) is 6.39. The van der Waals surface area contributed by atoms with Crippen molar-refractivity contribution in [1.82, 2.24) is 9.97 Å². The molecule has 6 heteroatoms. The monoisotopic (exact) mass is 285 g/mol. The van der Waals surface area contributed by atoms with Crippen molar-refractivity contribution < 1.29 is 9.47 Å². The van der Waals surface area contributed by atoms with E-state index in [1.165, 1.54) is 0 Å². The Morgan fingerprint density at radius 1 is 1.47 bits per heavy atom. The summed E-state index contributed by atoms with van der Waals surface area (Å²) in [7, 11) is 0. The number of alkyl halides is 1. The van der Waals surface area contributed by atoms with Crippen molar-refractivity contribution in [3.05, 3.63) is 11.8 Å². The zero-order valence-corrected chi connectivity index (χ0v) is 12.4. The van der Waals surface area contributed by atoms with E-state index >= 15 is 0 Å². The molecule has 19 heavy (non-hydrogen) atoms. The molecule has 1 fully saturated rings. The Kier molecular flexibility index (Phi) is 4.82. The van der Waals surface area contributed by atoms with Crippen LogP contribution in [0.1, 0.15) is 19.5 Å². The molecule has 2 rings (SSSR count). The Morgan fingerprint density at radius 2 is 2.26 bits per heavy atom. The van der Waals surface area contributed by atoms with Crippen LogP contribution in [0.25, 0.3) is 0 Å². The second-order valence-corrected chi connectivity index (χ2v) is 5.02. The lowest BCUT2D eigenvalue weighted by Crippen LogP contribution is -2.48. The van der Waals surface area contributed by atoms with Crippen molar-refractivity contribution in [2.24, 2.45) is 0 Å². The normalized spacial score (nSPS) is 23.5. The van der Waals surface area contributed by atoms with Gasteiger partial charge in [-0.2, -0.15) is 4.98 Å². The fraction of sp³-hybridized carbons (Fsp3) is 0.692. The summed E-state index contributed by atoms with van der Waals surface area (Å²) in [5.41, 5.74) is 0.898. The van der Waals surface area contributed by atoms with Gasteiger partial charge in [-0.3, -0.25) is 0 Å². The Hall–Kier alpha value is -1.07. The molecule has 2 atom stereocenters. The first-order valence-electron chi connectivity index (χ1n) is 6.57. The van der Waals surface area contributed by atoms with E-state index in [-0.39, 0.29) is 12.2 Å². The molecule has 1 aliphatic rings. The third kappa shape index (κ3) is 3.70. The Bertz CT molecular complexity index is 430. The lowest BCUT2D eigenvalue weighted by atomic mass is 10.2. The number of hydrogen-bond donors (Lipinski definition) is 0. The third-order valence-corrected chi connectivity index (χ3v) is 3.24. The number of aromatic nitrogens is 2. The van der Waals surface area contributed by atoms with Gasteiger partial charge in [0.05, 0.1) is 24.7 Å². The molecule has 0 radical (unpaired) electrons. The molecule has 0 aromatic carbocycles. The first-order chi connectivity index (χ1) is 9.12. The number of rotatable bonds is 4. The van der Waals surface area contributed by atoms with Crippen LogP contribution >= 0.6 is 11.6 Å². The van der Waals surface area contributed by atoms with Crippen LogP contribution in [0, 0.1) is 6.92 Å². The first kappa shape index (κ1) is 14.3. The van der Waals surface area contributed by atoms with Gasteiger partial charge in [0.1, 0.15) is 0 Å². The van der Waals surface area contributed by atoms with Gasteiger partial charge in [-0.15, -0.1) is 11.6 Å². The van der Waals surface area contributed by atoms with Gasteiger partial charge in [-0.25, -0.2) is 4.98 Å². The summed E-state index contributed by atoms with van der Waals surface area (Å²) in [6, 6.07) is 1.84. The fourth-order valence-corrected chi connectivity index (χ4v) is 2.35. The standard InChI is InChI=1S/C13H20ClN3O2/c1-4-18-12-5-9(2)15-13(16-12)17-7-10(3)19-11(6-14)8-17/h5,10-11H,4,6-8H2,1-3H3. The maximum atomic E-state index is 5.89. The predicted molar refractivity (Wildman–Crippen MR) is 75.2 cm³/mol. The lowest BCUT2D eigenvalue weighted by Gasteiger charge is -2.36. The average molecular weight is 286 g/mol. The lowest BCUT2D eigenvalue weighted by molar-refractivity contribution is -0.00388. The third-order valence-electron chi connectivity index (χ3n) is 2.89. The molecule has 0 aliphatic carbocycles.